The van der Waals surface area contributed by atoms with Crippen molar-refractivity contribution in [1.82, 2.24) is 9.80 Å². The van der Waals surface area contributed by atoms with Crippen molar-refractivity contribution in [2.24, 2.45) is 11.8 Å². The molecule has 29 heavy (non-hydrogen) atoms. The van der Waals surface area contributed by atoms with Gasteiger partial charge in [0.1, 0.15) is 0 Å². The number of fused-ring (bicyclic) bond motifs is 2. The van der Waals surface area contributed by atoms with Crippen molar-refractivity contribution in [3.8, 4) is 0 Å². The molecule has 0 radical (unpaired) electrons. The van der Waals surface area contributed by atoms with E-state index in [9.17, 15) is 14.4 Å². The summed E-state index contributed by atoms with van der Waals surface area (Å²) in [7, 11) is 0. The summed E-state index contributed by atoms with van der Waals surface area (Å²) in [4.78, 5) is 40.9. The molecule has 3 amide bonds. The number of halogens is 2. The van der Waals surface area contributed by atoms with E-state index in [2.05, 4.69) is 0 Å². The number of piperidine rings is 1. The molecule has 1 saturated heterocycles. The van der Waals surface area contributed by atoms with Crippen molar-refractivity contribution >= 4 is 40.9 Å². The molecule has 1 aromatic rings. The van der Waals surface area contributed by atoms with E-state index in [1.807, 2.05) is 4.90 Å². The van der Waals surface area contributed by atoms with E-state index < -0.39 is 0 Å². The highest BCUT2D eigenvalue weighted by Crippen LogP contribution is 2.36. The molecule has 2 aliphatic heterocycles. The Morgan fingerprint density at radius 3 is 2.21 bits per heavy atom. The second-order valence-corrected chi connectivity index (χ2v) is 9.28. The van der Waals surface area contributed by atoms with Crippen LogP contribution in [0.25, 0.3) is 0 Å². The molecule has 2 fully saturated rings. The van der Waals surface area contributed by atoms with Gasteiger partial charge in [0.2, 0.25) is 5.91 Å². The van der Waals surface area contributed by atoms with Gasteiger partial charge in [-0.05, 0) is 49.7 Å². The van der Waals surface area contributed by atoms with E-state index in [1.54, 1.807) is 0 Å². The Labute approximate surface area is 181 Å². The van der Waals surface area contributed by atoms with Crippen LogP contribution in [0.2, 0.25) is 10.0 Å². The number of likely N-dealkylation sites (tertiary alicyclic amines) is 1. The lowest BCUT2D eigenvalue weighted by Crippen LogP contribution is -2.44. The van der Waals surface area contributed by atoms with Gasteiger partial charge in [-0.15, -0.1) is 0 Å². The average molecular weight is 437 g/mol. The minimum absolute atomic E-state index is 0.204. The van der Waals surface area contributed by atoms with E-state index in [0.29, 0.717) is 42.9 Å². The third-order valence-corrected chi connectivity index (χ3v) is 7.40. The lowest BCUT2D eigenvalue weighted by atomic mass is 9.75. The number of hydrogen-bond donors (Lipinski definition) is 0. The summed E-state index contributed by atoms with van der Waals surface area (Å²) in [6, 6.07) is 2.91. The SMILES string of the molecule is O=C(CCCCN1C(=O)c2cc(Cl)c(Cl)cc2C1=O)N1CCC2CCCCC2C1. The maximum absolute atomic E-state index is 12.6. The Balaban J connectivity index is 1.25. The molecule has 0 N–H and O–H groups in total. The fourth-order valence-corrected chi connectivity index (χ4v) is 5.35. The van der Waals surface area contributed by atoms with Crippen LogP contribution in [0.3, 0.4) is 0 Å². The van der Waals surface area contributed by atoms with Gasteiger partial charge < -0.3 is 4.90 Å². The summed E-state index contributed by atoms with van der Waals surface area (Å²) in [5.41, 5.74) is 0.603. The first-order chi connectivity index (χ1) is 14.0. The first-order valence-corrected chi connectivity index (χ1v) is 11.3. The third-order valence-electron chi connectivity index (χ3n) is 6.68. The lowest BCUT2D eigenvalue weighted by molar-refractivity contribution is -0.134. The largest absolute Gasteiger partial charge is 0.342 e. The quantitative estimate of drug-likeness (QED) is 0.491. The molecule has 1 saturated carbocycles. The molecule has 0 aromatic heterocycles. The van der Waals surface area contributed by atoms with Crippen LogP contribution in [0, 0.1) is 11.8 Å². The summed E-state index contributed by atoms with van der Waals surface area (Å²) in [6.45, 7) is 2.09. The fourth-order valence-electron chi connectivity index (χ4n) is 5.02. The van der Waals surface area contributed by atoms with Crippen LogP contribution < -0.4 is 0 Å². The zero-order chi connectivity index (χ0) is 20.5. The van der Waals surface area contributed by atoms with Gasteiger partial charge >= 0.3 is 0 Å². The maximum Gasteiger partial charge on any atom is 0.261 e. The molecule has 3 aliphatic rings. The summed E-state index contributed by atoms with van der Waals surface area (Å²) in [5, 5.41) is 0.529. The van der Waals surface area contributed by atoms with Crippen LogP contribution in [0.1, 0.15) is 72.1 Å². The van der Waals surface area contributed by atoms with E-state index in [-0.39, 0.29) is 27.8 Å². The smallest absolute Gasteiger partial charge is 0.261 e. The molecule has 2 atom stereocenters. The number of benzene rings is 1. The van der Waals surface area contributed by atoms with E-state index in [0.717, 1.165) is 25.4 Å². The van der Waals surface area contributed by atoms with Gasteiger partial charge in [-0.25, -0.2) is 0 Å². The Bertz CT molecular complexity index is 801. The molecule has 1 aliphatic carbocycles. The van der Waals surface area contributed by atoms with Crippen molar-refractivity contribution in [3.63, 3.8) is 0 Å². The Morgan fingerprint density at radius 2 is 1.55 bits per heavy atom. The van der Waals surface area contributed by atoms with Gasteiger partial charge in [0.05, 0.1) is 21.2 Å². The van der Waals surface area contributed by atoms with Gasteiger partial charge in [0.15, 0.2) is 0 Å². The first kappa shape index (κ1) is 20.7. The van der Waals surface area contributed by atoms with Gasteiger partial charge in [-0.1, -0.05) is 42.5 Å². The molecule has 0 bridgehead atoms. The molecule has 156 valence electrons. The van der Waals surface area contributed by atoms with Crippen LogP contribution in [-0.2, 0) is 4.79 Å². The molecule has 2 unspecified atom stereocenters. The number of unbranched alkanes of at least 4 members (excludes halogenated alkanes) is 1. The van der Waals surface area contributed by atoms with Gasteiger partial charge in [-0.2, -0.15) is 0 Å². The Kier molecular flexibility index (Phi) is 6.16. The zero-order valence-corrected chi connectivity index (χ0v) is 18.0. The standard InChI is InChI=1S/C22H26Cl2N2O3/c23-18-11-16-17(12-19(18)24)22(29)26(21(16)28)9-4-3-7-20(27)25-10-8-14-5-1-2-6-15(14)13-25/h11-12,14-15H,1-10,13H2. The predicted molar refractivity (Wildman–Crippen MR) is 112 cm³/mol. The number of rotatable bonds is 5. The van der Waals surface area contributed by atoms with Crippen molar-refractivity contribution in [2.75, 3.05) is 19.6 Å². The molecule has 7 heteroatoms. The maximum atomic E-state index is 12.6. The van der Waals surface area contributed by atoms with E-state index in [4.69, 9.17) is 23.2 Å². The van der Waals surface area contributed by atoms with Crippen LogP contribution in [0.15, 0.2) is 12.1 Å². The van der Waals surface area contributed by atoms with Crippen LogP contribution in [0.4, 0.5) is 0 Å². The predicted octanol–water partition coefficient (Wildman–Crippen LogP) is 4.80. The summed E-state index contributed by atoms with van der Waals surface area (Å²) in [5.74, 6) is 1.01. The third kappa shape index (κ3) is 4.17. The second-order valence-electron chi connectivity index (χ2n) is 8.46. The number of amides is 3. The molecule has 2 heterocycles. The number of hydrogen-bond acceptors (Lipinski definition) is 3. The molecule has 4 rings (SSSR count). The second kappa shape index (κ2) is 8.65. The average Bonchev–Trinajstić information content (AvgIpc) is 2.95. The monoisotopic (exact) mass is 436 g/mol. The fraction of sp³-hybridized carbons (Fsp3) is 0.591. The number of nitrogens with zero attached hydrogens (tertiary/aromatic N) is 2. The highest BCUT2D eigenvalue weighted by atomic mass is 35.5. The number of carbonyl (C=O) groups is 3. The van der Waals surface area contributed by atoms with Gasteiger partial charge in [0.25, 0.3) is 11.8 Å². The normalized spacial score (nSPS) is 23.9. The zero-order valence-electron chi connectivity index (χ0n) is 16.5. The first-order valence-electron chi connectivity index (χ1n) is 10.6. The topological polar surface area (TPSA) is 57.7 Å². The minimum Gasteiger partial charge on any atom is -0.342 e. The van der Waals surface area contributed by atoms with Crippen LogP contribution in [-0.4, -0.2) is 47.2 Å². The van der Waals surface area contributed by atoms with Gasteiger partial charge in [-0.3, -0.25) is 19.3 Å². The highest BCUT2D eigenvalue weighted by molar-refractivity contribution is 6.43. The summed E-state index contributed by atoms with van der Waals surface area (Å²) >= 11 is 12.0. The molecular formula is C22H26Cl2N2O3. The number of imide groups is 1. The summed E-state index contributed by atoms with van der Waals surface area (Å²) < 4.78 is 0. The molecule has 5 nitrogen and oxygen atoms in total. The van der Waals surface area contributed by atoms with Crippen molar-refractivity contribution in [3.05, 3.63) is 33.3 Å². The van der Waals surface area contributed by atoms with Crippen molar-refractivity contribution in [1.29, 1.82) is 0 Å². The van der Waals surface area contributed by atoms with E-state index >= 15 is 0 Å². The Morgan fingerprint density at radius 1 is 0.931 bits per heavy atom. The molecule has 1 aromatic carbocycles. The Hall–Kier alpha value is -1.59. The van der Waals surface area contributed by atoms with Crippen LogP contribution in [0.5, 0.6) is 0 Å². The molecule has 0 spiro atoms. The van der Waals surface area contributed by atoms with Gasteiger partial charge in [0, 0.05) is 26.1 Å². The van der Waals surface area contributed by atoms with Crippen LogP contribution >= 0.6 is 23.2 Å². The highest BCUT2D eigenvalue weighted by Gasteiger charge is 2.36. The summed E-state index contributed by atoms with van der Waals surface area (Å²) in [6.07, 6.45) is 8.09. The lowest BCUT2D eigenvalue weighted by Gasteiger charge is -2.41. The van der Waals surface area contributed by atoms with Crippen molar-refractivity contribution in [2.45, 2.75) is 51.4 Å². The van der Waals surface area contributed by atoms with E-state index in [1.165, 1.54) is 42.7 Å². The molecular weight excluding hydrogens is 411 g/mol. The number of carbonyl (C=O) groups excluding carboxylic acids is 3. The van der Waals surface area contributed by atoms with Crippen molar-refractivity contribution < 1.29 is 14.4 Å². The minimum atomic E-state index is -0.339.